The van der Waals surface area contributed by atoms with Gasteiger partial charge in [-0.2, -0.15) is 0 Å². The number of fused-ring (bicyclic) bond motifs is 1. The molecule has 3 aromatic rings. The molecule has 0 spiro atoms. The Morgan fingerprint density at radius 1 is 1.11 bits per heavy atom. The van der Waals surface area contributed by atoms with Gasteiger partial charge >= 0.3 is 11.8 Å². The van der Waals surface area contributed by atoms with Crippen molar-refractivity contribution in [2.75, 3.05) is 11.9 Å². The quantitative estimate of drug-likeness (QED) is 0.712. The zero-order valence-electron chi connectivity index (χ0n) is 14.9. The molecule has 0 bridgehead atoms. The number of hydrogen-bond acceptors (Lipinski definition) is 4. The molecule has 1 N–H and O–H groups in total. The predicted molar refractivity (Wildman–Crippen MR) is 100 cm³/mol. The summed E-state index contributed by atoms with van der Waals surface area (Å²) in [5.41, 5.74) is 3.37. The van der Waals surface area contributed by atoms with Gasteiger partial charge in [-0.05, 0) is 23.6 Å². The molecule has 0 fully saturated rings. The Balaban J connectivity index is 1.59. The monoisotopic (exact) mass is 361 g/mol. The maximum atomic E-state index is 12.8. The molecule has 0 saturated carbocycles. The first-order valence-electron chi connectivity index (χ1n) is 8.78. The predicted octanol–water partition coefficient (Wildman–Crippen LogP) is 3.10. The maximum Gasteiger partial charge on any atom is 0.315 e. The summed E-state index contributed by atoms with van der Waals surface area (Å²) < 4.78 is 4.92. The molecule has 1 atom stereocenters. The average molecular weight is 361 g/mol. The lowest BCUT2D eigenvalue weighted by Crippen LogP contribution is -2.44. The van der Waals surface area contributed by atoms with E-state index < -0.39 is 11.8 Å². The molecule has 6 nitrogen and oxygen atoms in total. The summed E-state index contributed by atoms with van der Waals surface area (Å²) in [6.07, 6.45) is 0. The first-order chi connectivity index (χ1) is 13.1. The van der Waals surface area contributed by atoms with E-state index in [2.05, 4.69) is 16.5 Å². The number of aryl methyl sites for hydroxylation is 1. The van der Waals surface area contributed by atoms with Crippen LogP contribution in [-0.2, 0) is 16.1 Å². The van der Waals surface area contributed by atoms with Crippen LogP contribution in [-0.4, -0.2) is 28.4 Å². The van der Waals surface area contributed by atoms with Crippen LogP contribution >= 0.6 is 0 Å². The van der Waals surface area contributed by atoms with E-state index in [1.165, 1.54) is 5.56 Å². The Hall–Kier alpha value is -3.41. The zero-order chi connectivity index (χ0) is 18.8. The molecule has 2 amide bonds. The van der Waals surface area contributed by atoms with Crippen LogP contribution in [0, 0.1) is 6.92 Å². The zero-order valence-corrected chi connectivity index (χ0v) is 14.9. The molecule has 0 saturated heterocycles. The first-order valence-corrected chi connectivity index (χ1v) is 8.78. The minimum atomic E-state index is -0.713. The summed E-state index contributed by atoms with van der Waals surface area (Å²) in [6.45, 7) is 2.57. The van der Waals surface area contributed by atoms with Crippen LogP contribution in [0.5, 0.6) is 0 Å². The number of rotatable bonds is 2. The summed E-state index contributed by atoms with van der Waals surface area (Å²) in [4.78, 5) is 26.7. The minimum Gasteiger partial charge on any atom is -0.360 e. The molecule has 4 rings (SSSR count). The molecular formula is C21H19N3O3. The van der Waals surface area contributed by atoms with E-state index in [0.717, 1.165) is 11.1 Å². The number of carbonyl (C=O) groups excluding carboxylic acids is 2. The number of carbonyl (C=O) groups is 2. The van der Waals surface area contributed by atoms with Crippen molar-refractivity contribution in [3.05, 3.63) is 83.1 Å². The summed E-state index contributed by atoms with van der Waals surface area (Å²) in [5, 5.41) is 6.21. The molecule has 2 heterocycles. The molecule has 0 radical (unpaired) electrons. The molecule has 1 aliphatic rings. The lowest BCUT2D eigenvalue weighted by Gasteiger charge is -2.34. The summed E-state index contributed by atoms with van der Waals surface area (Å²) >= 11 is 0. The SMILES string of the molecule is Cc1cc(NC(=O)C(=O)N2Cc3ccccc3[C@@H](c3ccccc3)C2)no1. The number of nitrogens with zero attached hydrogens (tertiary/aromatic N) is 2. The van der Waals surface area contributed by atoms with Crippen LogP contribution < -0.4 is 5.32 Å². The summed E-state index contributed by atoms with van der Waals surface area (Å²) in [5.74, 6) is -0.459. The number of anilines is 1. The molecule has 27 heavy (non-hydrogen) atoms. The third-order valence-electron chi connectivity index (χ3n) is 4.75. The molecule has 6 heteroatoms. The van der Waals surface area contributed by atoms with Gasteiger partial charge in [-0.15, -0.1) is 0 Å². The van der Waals surface area contributed by atoms with Gasteiger partial charge in [0.15, 0.2) is 5.82 Å². The van der Waals surface area contributed by atoms with Crippen LogP contribution in [0.2, 0.25) is 0 Å². The fourth-order valence-electron chi connectivity index (χ4n) is 3.47. The van der Waals surface area contributed by atoms with E-state index in [1.807, 2.05) is 48.5 Å². The Morgan fingerprint density at radius 3 is 2.59 bits per heavy atom. The van der Waals surface area contributed by atoms with E-state index >= 15 is 0 Å². The third-order valence-corrected chi connectivity index (χ3v) is 4.75. The van der Waals surface area contributed by atoms with Crippen molar-refractivity contribution in [2.45, 2.75) is 19.4 Å². The first kappa shape index (κ1) is 17.0. The van der Waals surface area contributed by atoms with Crippen molar-refractivity contribution in [2.24, 2.45) is 0 Å². The van der Waals surface area contributed by atoms with Gasteiger partial charge in [-0.1, -0.05) is 59.8 Å². The Morgan fingerprint density at radius 2 is 1.85 bits per heavy atom. The van der Waals surface area contributed by atoms with Gasteiger partial charge in [-0.25, -0.2) is 0 Å². The van der Waals surface area contributed by atoms with Gasteiger partial charge < -0.3 is 9.42 Å². The standard InChI is InChI=1S/C21H19N3O3/c1-14-11-19(23-27-14)22-20(25)21(26)24-12-16-9-5-6-10-17(16)18(13-24)15-7-3-2-4-8-15/h2-11,18H,12-13H2,1H3,(H,22,23,25)/t18-/m1/s1. The summed E-state index contributed by atoms with van der Waals surface area (Å²) in [7, 11) is 0. The highest BCUT2D eigenvalue weighted by Gasteiger charge is 2.32. The highest BCUT2D eigenvalue weighted by atomic mass is 16.5. The number of aromatic nitrogens is 1. The van der Waals surface area contributed by atoms with Crippen molar-refractivity contribution in [3.8, 4) is 0 Å². The molecule has 0 unspecified atom stereocenters. The molecule has 0 aliphatic carbocycles. The van der Waals surface area contributed by atoms with Crippen LogP contribution in [0.1, 0.15) is 28.4 Å². The van der Waals surface area contributed by atoms with E-state index in [9.17, 15) is 9.59 Å². The van der Waals surface area contributed by atoms with E-state index in [4.69, 9.17) is 4.52 Å². The van der Waals surface area contributed by atoms with Gasteiger partial charge in [0, 0.05) is 25.1 Å². The smallest absolute Gasteiger partial charge is 0.315 e. The second-order valence-electron chi connectivity index (χ2n) is 6.62. The van der Waals surface area contributed by atoms with Gasteiger partial charge in [-0.3, -0.25) is 14.9 Å². The van der Waals surface area contributed by atoms with E-state index in [1.54, 1.807) is 17.9 Å². The van der Waals surface area contributed by atoms with Crippen LogP contribution in [0.4, 0.5) is 5.82 Å². The summed E-state index contributed by atoms with van der Waals surface area (Å²) in [6, 6.07) is 19.7. The molecule has 2 aromatic carbocycles. The van der Waals surface area contributed by atoms with Crippen molar-refractivity contribution in [1.29, 1.82) is 0 Å². The minimum absolute atomic E-state index is 0.0298. The Bertz CT molecular complexity index is 981. The fourth-order valence-corrected chi connectivity index (χ4v) is 3.47. The average Bonchev–Trinajstić information content (AvgIpc) is 3.11. The second kappa shape index (κ2) is 7.07. The highest BCUT2D eigenvalue weighted by Crippen LogP contribution is 2.33. The van der Waals surface area contributed by atoms with Gasteiger partial charge in [0.05, 0.1) is 0 Å². The molecule has 1 aliphatic heterocycles. The topological polar surface area (TPSA) is 75.4 Å². The highest BCUT2D eigenvalue weighted by molar-refractivity contribution is 6.39. The Labute approximate surface area is 156 Å². The van der Waals surface area contributed by atoms with Crippen molar-refractivity contribution < 1.29 is 14.1 Å². The number of amides is 2. The fraction of sp³-hybridized carbons (Fsp3) is 0.190. The van der Waals surface area contributed by atoms with Crippen LogP contribution in [0.25, 0.3) is 0 Å². The number of nitrogens with one attached hydrogen (secondary N) is 1. The second-order valence-corrected chi connectivity index (χ2v) is 6.62. The van der Waals surface area contributed by atoms with Crippen molar-refractivity contribution in [3.63, 3.8) is 0 Å². The molecule has 1 aromatic heterocycles. The van der Waals surface area contributed by atoms with Crippen molar-refractivity contribution >= 4 is 17.6 Å². The maximum absolute atomic E-state index is 12.8. The normalized spacial score (nSPS) is 15.9. The lowest BCUT2D eigenvalue weighted by molar-refractivity contribution is -0.143. The van der Waals surface area contributed by atoms with Gasteiger partial charge in [0.1, 0.15) is 5.76 Å². The largest absolute Gasteiger partial charge is 0.360 e. The lowest BCUT2D eigenvalue weighted by atomic mass is 9.84. The van der Waals surface area contributed by atoms with E-state index in [0.29, 0.717) is 18.8 Å². The number of benzene rings is 2. The third kappa shape index (κ3) is 3.46. The van der Waals surface area contributed by atoms with Crippen molar-refractivity contribution in [1.82, 2.24) is 10.1 Å². The Kier molecular flexibility index (Phi) is 4.46. The molecule has 136 valence electrons. The van der Waals surface area contributed by atoms with Crippen LogP contribution in [0.3, 0.4) is 0 Å². The van der Waals surface area contributed by atoms with Gasteiger partial charge in [0.25, 0.3) is 0 Å². The van der Waals surface area contributed by atoms with Crippen LogP contribution in [0.15, 0.2) is 65.2 Å². The van der Waals surface area contributed by atoms with E-state index in [-0.39, 0.29) is 11.7 Å². The van der Waals surface area contributed by atoms with Gasteiger partial charge in [0.2, 0.25) is 0 Å². The molecular weight excluding hydrogens is 342 g/mol. The number of hydrogen-bond donors (Lipinski definition) is 1.